The number of benzene rings is 1. The fourth-order valence-corrected chi connectivity index (χ4v) is 3.82. The normalized spacial score (nSPS) is 10.2. The molecule has 2 heterocycles. The second-order valence-electron chi connectivity index (χ2n) is 5.35. The van der Waals surface area contributed by atoms with Crippen LogP contribution in [0.2, 0.25) is 0 Å². The van der Waals surface area contributed by atoms with Crippen molar-refractivity contribution in [3.8, 4) is 10.4 Å². The lowest BCUT2D eigenvalue weighted by atomic mass is 10.1. The number of methoxy groups -OCH3 is 1. The first-order valence-electron chi connectivity index (χ1n) is 7.88. The average molecular weight is 480 g/mol. The minimum atomic E-state index is -0.501. The zero-order valence-electron chi connectivity index (χ0n) is 14.4. The summed E-state index contributed by atoms with van der Waals surface area (Å²) in [4.78, 5) is 25.0. The Morgan fingerprint density at radius 2 is 1.89 bits per heavy atom. The number of hydrogen-bond acceptors (Lipinski definition) is 6. The predicted molar refractivity (Wildman–Crippen MR) is 114 cm³/mol. The van der Waals surface area contributed by atoms with Crippen molar-refractivity contribution in [2.45, 2.75) is 0 Å². The number of esters is 1. The third-order valence-electron chi connectivity index (χ3n) is 3.51. The number of hydrazine groups is 1. The van der Waals surface area contributed by atoms with Crippen LogP contribution in [0.15, 0.2) is 57.6 Å². The van der Waals surface area contributed by atoms with E-state index in [0.29, 0.717) is 15.2 Å². The maximum atomic E-state index is 12.1. The van der Waals surface area contributed by atoms with Gasteiger partial charge >= 0.3 is 11.9 Å². The van der Waals surface area contributed by atoms with Crippen LogP contribution >= 0.6 is 39.5 Å². The summed E-state index contributed by atoms with van der Waals surface area (Å²) in [5.74, 6) is -0.882. The van der Waals surface area contributed by atoms with Gasteiger partial charge in [0.1, 0.15) is 5.00 Å². The van der Waals surface area contributed by atoms with Crippen LogP contribution in [-0.2, 0) is 4.74 Å². The number of hydrogen-bond donors (Lipinski definition) is 3. The highest BCUT2D eigenvalue weighted by molar-refractivity contribution is 9.10. The molecule has 0 saturated heterocycles. The highest BCUT2D eigenvalue weighted by Crippen LogP contribution is 2.35. The number of rotatable bonds is 4. The number of amides is 1. The Kier molecular flexibility index (Phi) is 6.45. The topological polar surface area (TPSA) is 92.6 Å². The molecule has 0 aliphatic carbocycles. The van der Waals surface area contributed by atoms with E-state index in [1.54, 1.807) is 12.1 Å². The van der Waals surface area contributed by atoms with Crippen LogP contribution in [0, 0.1) is 0 Å². The first-order chi connectivity index (χ1) is 13.5. The number of carbonyl (C=O) groups excluding carboxylic acids is 2. The van der Waals surface area contributed by atoms with Crippen LogP contribution in [0.5, 0.6) is 0 Å². The minimum absolute atomic E-state index is 0.102. The summed E-state index contributed by atoms with van der Waals surface area (Å²) in [6.07, 6.45) is 0. The van der Waals surface area contributed by atoms with Gasteiger partial charge in [-0.1, -0.05) is 30.3 Å². The summed E-state index contributed by atoms with van der Waals surface area (Å²) in [6.45, 7) is 0. The third kappa shape index (κ3) is 4.77. The number of halogens is 1. The molecule has 0 fully saturated rings. The molecule has 144 valence electrons. The highest BCUT2D eigenvalue weighted by atomic mass is 79.9. The quantitative estimate of drug-likeness (QED) is 0.293. The van der Waals surface area contributed by atoms with Gasteiger partial charge in [0, 0.05) is 4.88 Å². The van der Waals surface area contributed by atoms with Gasteiger partial charge < -0.3 is 14.5 Å². The number of thiocarbonyl (C=S) groups is 1. The zero-order valence-corrected chi connectivity index (χ0v) is 17.7. The van der Waals surface area contributed by atoms with E-state index in [0.717, 1.165) is 10.4 Å². The standard InChI is InChI=1S/C18H14BrN3O4S2/c1-25-17(24)11-9-13(10-5-3-2-4-6-10)28-16(11)20-18(27)22-21-15(23)12-7-8-14(19)26-12/h2-9H,1H3,(H,21,23)(H2,20,22,27). The molecule has 28 heavy (non-hydrogen) atoms. The van der Waals surface area contributed by atoms with Gasteiger partial charge in [0.15, 0.2) is 15.5 Å². The molecule has 3 N–H and O–H groups in total. The molecule has 0 radical (unpaired) electrons. The van der Waals surface area contributed by atoms with E-state index in [2.05, 4.69) is 32.1 Å². The summed E-state index contributed by atoms with van der Waals surface area (Å²) in [5.41, 5.74) is 6.29. The average Bonchev–Trinajstić information content (AvgIpc) is 3.33. The molecule has 2 aromatic heterocycles. The lowest BCUT2D eigenvalue weighted by Crippen LogP contribution is -2.43. The Morgan fingerprint density at radius 1 is 1.14 bits per heavy atom. The maximum Gasteiger partial charge on any atom is 0.340 e. The molecule has 0 saturated carbocycles. The number of anilines is 1. The smallest absolute Gasteiger partial charge is 0.340 e. The van der Waals surface area contributed by atoms with Crippen LogP contribution in [0.3, 0.4) is 0 Å². The number of thiophene rings is 1. The second-order valence-corrected chi connectivity index (χ2v) is 7.59. The van der Waals surface area contributed by atoms with Crippen LogP contribution in [0.1, 0.15) is 20.9 Å². The number of furan rings is 1. The Balaban J connectivity index is 1.71. The molecule has 3 aromatic rings. The van der Waals surface area contributed by atoms with Crippen molar-refractivity contribution < 1.29 is 18.7 Å². The first kappa shape index (κ1) is 20.1. The lowest BCUT2D eigenvalue weighted by Gasteiger charge is -2.10. The molecule has 10 heteroatoms. The molecule has 0 bridgehead atoms. The van der Waals surface area contributed by atoms with Crippen molar-refractivity contribution in [1.29, 1.82) is 0 Å². The molecule has 7 nitrogen and oxygen atoms in total. The molecule has 0 atom stereocenters. The molecule has 0 spiro atoms. The molecule has 1 aromatic carbocycles. The summed E-state index contributed by atoms with van der Waals surface area (Å²) >= 11 is 9.66. The molecule has 0 unspecified atom stereocenters. The molecule has 0 aliphatic rings. The van der Waals surface area contributed by atoms with Crippen molar-refractivity contribution in [2.75, 3.05) is 12.4 Å². The molecular formula is C18H14BrN3O4S2. The van der Waals surface area contributed by atoms with Crippen molar-refractivity contribution in [3.63, 3.8) is 0 Å². The second kappa shape index (κ2) is 9.00. The molecule has 3 rings (SSSR count). The van der Waals surface area contributed by atoms with Crippen LogP contribution < -0.4 is 16.2 Å². The van der Waals surface area contributed by atoms with E-state index >= 15 is 0 Å². The van der Waals surface area contributed by atoms with Gasteiger partial charge in [-0.15, -0.1) is 11.3 Å². The Bertz CT molecular complexity index is 1020. The fourth-order valence-electron chi connectivity index (χ4n) is 2.24. The summed E-state index contributed by atoms with van der Waals surface area (Å²) in [5, 5.41) is 3.51. The van der Waals surface area contributed by atoms with Crippen LogP contribution in [0.4, 0.5) is 5.00 Å². The van der Waals surface area contributed by atoms with E-state index < -0.39 is 11.9 Å². The van der Waals surface area contributed by atoms with Crippen LogP contribution in [-0.4, -0.2) is 24.1 Å². The van der Waals surface area contributed by atoms with Crippen LogP contribution in [0.25, 0.3) is 10.4 Å². The SMILES string of the molecule is COC(=O)c1cc(-c2ccccc2)sc1NC(=S)NNC(=O)c1ccc(Br)o1. The van der Waals surface area contributed by atoms with Crippen molar-refractivity contribution >= 4 is 61.5 Å². The Hall–Kier alpha value is -2.69. The van der Waals surface area contributed by atoms with Gasteiger partial charge in [-0.3, -0.25) is 15.6 Å². The number of nitrogens with one attached hydrogen (secondary N) is 3. The van der Waals surface area contributed by atoms with E-state index in [4.69, 9.17) is 21.4 Å². The summed E-state index contributed by atoms with van der Waals surface area (Å²) in [6, 6.07) is 14.5. The van der Waals surface area contributed by atoms with Gasteiger partial charge in [-0.25, -0.2) is 4.79 Å². The number of ether oxygens (including phenoxy) is 1. The third-order valence-corrected chi connectivity index (χ3v) is 5.24. The monoisotopic (exact) mass is 479 g/mol. The predicted octanol–water partition coefficient (Wildman–Crippen LogP) is 4.19. The lowest BCUT2D eigenvalue weighted by molar-refractivity contribution is 0.0602. The van der Waals surface area contributed by atoms with Gasteiger partial charge in [0.05, 0.1) is 12.7 Å². The first-order valence-corrected chi connectivity index (χ1v) is 9.90. The highest BCUT2D eigenvalue weighted by Gasteiger charge is 2.19. The largest absolute Gasteiger partial charge is 0.465 e. The van der Waals surface area contributed by atoms with Gasteiger partial charge in [0.25, 0.3) is 0 Å². The van der Waals surface area contributed by atoms with E-state index in [1.807, 2.05) is 30.3 Å². The van der Waals surface area contributed by atoms with Crippen molar-refractivity contribution in [3.05, 3.63) is 64.5 Å². The molecular weight excluding hydrogens is 466 g/mol. The van der Waals surface area contributed by atoms with Gasteiger partial charge in [-0.2, -0.15) is 0 Å². The molecule has 0 aliphatic heterocycles. The van der Waals surface area contributed by atoms with Gasteiger partial charge in [0.2, 0.25) is 0 Å². The van der Waals surface area contributed by atoms with Crippen molar-refractivity contribution in [1.82, 2.24) is 10.9 Å². The van der Waals surface area contributed by atoms with E-state index in [9.17, 15) is 9.59 Å². The Morgan fingerprint density at radius 3 is 2.54 bits per heavy atom. The summed E-state index contributed by atoms with van der Waals surface area (Å²) in [7, 11) is 1.31. The molecule has 1 amide bonds. The summed E-state index contributed by atoms with van der Waals surface area (Å²) < 4.78 is 10.4. The number of carbonyl (C=O) groups is 2. The maximum absolute atomic E-state index is 12.1. The van der Waals surface area contributed by atoms with Gasteiger partial charge in [-0.05, 0) is 51.9 Å². The van der Waals surface area contributed by atoms with E-state index in [1.165, 1.54) is 24.5 Å². The zero-order chi connectivity index (χ0) is 20.1. The Labute approximate surface area is 178 Å². The minimum Gasteiger partial charge on any atom is -0.465 e. The fraction of sp³-hybridized carbons (Fsp3) is 0.0556. The van der Waals surface area contributed by atoms with E-state index in [-0.39, 0.29) is 10.9 Å². The van der Waals surface area contributed by atoms with Crippen molar-refractivity contribution in [2.24, 2.45) is 0 Å².